The fourth-order valence-electron chi connectivity index (χ4n) is 5.89. The van der Waals surface area contributed by atoms with Crippen molar-refractivity contribution in [3.05, 3.63) is 52.6 Å². The number of carbonyl (C=O) groups is 3. The molecule has 0 radical (unpaired) electrons. The number of piperidine rings is 2. The maximum absolute atomic E-state index is 12.9. The van der Waals surface area contributed by atoms with Crippen LogP contribution in [0.25, 0.3) is 0 Å². The predicted molar refractivity (Wildman–Crippen MR) is 124 cm³/mol. The average molecular weight is 463 g/mol. The van der Waals surface area contributed by atoms with E-state index in [1.54, 1.807) is 4.90 Å². The first kappa shape index (κ1) is 21.5. The van der Waals surface area contributed by atoms with Crippen molar-refractivity contribution in [2.24, 2.45) is 0 Å². The molecule has 5 heterocycles. The highest BCUT2D eigenvalue weighted by Gasteiger charge is 2.39. The zero-order chi connectivity index (χ0) is 23.2. The van der Waals surface area contributed by atoms with Crippen molar-refractivity contribution >= 4 is 17.7 Å². The third-order valence-electron chi connectivity index (χ3n) is 7.68. The lowest BCUT2D eigenvalue weighted by Crippen LogP contribution is -2.52. The SMILES string of the molecule is O=C1CCC(N2Cc3cc(CN4CCc5c(ncn5C5CCCNC5)C4)ccc3C2=O)C(=O)N1. The zero-order valence-corrected chi connectivity index (χ0v) is 19.3. The second kappa shape index (κ2) is 8.63. The van der Waals surface area contributed by atoms with Crippen molar-refractivity contribution in [2.45, 2.75) is 63.8 Å². The van der Waals surface area contributed by atoms with Gasteiger partial charge in [-0.2, -0.15) is 0 Å². The maximum atomic E-state index is 12.9. The van der Waals surface area contributed by atoms with Gasteiger partial charge in [-0.1, -0.05) is 12.1 Å². The van der Waals surface area contributed by atoms with Crippen molar-refractivity contribution in [2.75, 3.05) is 19.6 Å². The van der Waals surface area contributed by atoms with Gasteiger partial charge in [0.05, 0.1) is 12.0 Å². The Morgan fingerprint density at radius 3 is 2.82 bits per heavy atom. The summed E-state index contributed by atoms with van der Waals surface area (Å²) in [6.45, 7) is 5.17. The molecule has 1 aromatic carbocycles. The van der Waals surface area contributed by atoms with E-state index < -0.39 is 6.04 Å². The molecule has 178 valence electrons. The Labute approximate surface area is 198 Å². The number of imidazole rings is 1. The molecule has 34 heavy (non-hydrogen) atoms. The molecular weight excluding hydrogens is 432 g/mol. The number of fused-ring (bicyclic) bond motifs is 2. The Hall–Kier alpha value is -3.04. The summed E-state index contributed by atoms with van der Waals surface area (Å²) in [6.07, 6.45) is 6.10. The van der Waals surface area contributed by atoms with E-state index in [9.17, 15) is 14.4 Å². The smallest absolute Gasteiger partial charge is 0.255 e. The first-order valence-electron chi connectivity index (χ1n) is 12.3. The summed E-state index contributed by atoms with van der Waals surface area (Å²) in [5, 5.41) is 5.86. The minimum Gasteiger partial charge on any atom is -0.330 e. The van der Waals surface area contributed by atoms with Crippen LogP contribution in [0.2, 0.25) is 0 Å². The quantitative estimate of drug-likeness (QED) is 0.661. The number of amides is 3. The molecule has 0 spiro atoms. The number of imide groups is 1. The minimum atomic E-state index is -0.573. The Bertz CT molecular complexity index is 1150. The fraction of sp³-hybridized carbons (Fsp3) is 0.520. The van der Waals surface area contributed by atoms with Crippen LogP contribution in [0.1, 0.15) is 64.6 Å². The van der Waals surface area contributed by atoms with E-state index >= 15 is 0 Å². The topological polar surface area (TPSA) is 99.6 Å². The third-order valence-corrected chi connectivity index (χ3v) is 7.68. The van der Waals surface area contributed by atoms with Crippen LogP contribution >= 0.6 is 0 Å². The van der Waals surface area contributed by atoms with Crippen LogP contribution in [0.3, 0.4) is 0 Å². The van der Waals surface area contributed by atoms with E-state index in [2.05, 4.69) is 26.2 Å². The summed E-state index contributed by atoms with van der Waals surface area (Å²) in [6, 6.07) is 5.95. The Morgan fingerprint density at radius 2 is 2.00 bits per heavy atom. The van der Waals surface area contributed by atoms with Crippen LogP contribution in [0.15, 0.2) is 24.5 Å². The molecule has 0 aliphatic carbocycles. The summed E-state index contributed by atoms with van der Waals surface area (Å²) < 4.78 is 2.39. The largest absolute Gasteiger partial charge is 0.330 e. The standard InChI is InChI=1S/C25H30N6O3/c32-23-6-5-22(24(33)28-23)30-13-17-10-16(3-4-19(17)25(30)34)12-29-9-7-21-20(14-29)27-15-31(21)18-2-1-8-26-11-18/h3-4,10,15,18,22,26H,1-2,5-9,11-14H2,(H,28,32,33). The normalized spacial score (nSPS) is 25.3. The Kier molecular flexibility index (Phi) is 5.45. The van der Waals surface area contributed by atoms with Gasteiger partial charge >= 0.3 is 0 Å². The first-order valence-corrected chi connectivity index (χ1v) is 12.3. The molecule has 2 atom stereocenters. The first-order chi connectivity index (χ1) is 16.6. The van der Waals surface area contributed by atoms with Crippen molar-refractivity contribution in [3.8, 4) is 0 Å². The molecule has 9 nitrogen and oxygen atoms in total. The highest BCUT2D eigenvalue weighted by molar-refractivity contribution is 6.05. The summed E-state index contributed by atoms with van der Waals surface area (Å²) in [4.78, 5) is 45.5. The van der Waals surface area contributed by atoms with Gasteiger partial charge in [-0.25, -0.2) is 4.98 Å². The molecule has 3 amide bonds. The summed E-state index contributed by atoms with van der Waals surface area (Å²) in [5.41, 5.74) is 5.34. The summed E-state index contributed by atoms with van der Waals surface area (Å²) >= 11 is 0. The van der Waals surface area contributed by atoms with Gasteiger partial charge in [0.25, 0.3) is 5.91 Å². The van der Waals surface area contributed by atoms with Gasteiger partial charge in [-0.05, 0) is 43.0 Å². The monoisotopic (exact) mass is 462 g/mol. The number of carbonyl (C=O) groups excluding carboxylic acids is 3. The molecule has 2 fully saturated rings. The van der Waals surface area contributed by atoms with E-state index in [1.165, 1.54) is 24.2 Å². The van der Waals surface area contributed by atoms with Gasteiger partial charge in [0, 0.05) is 62.9 Å². The predicted octanol–water partition coefficient (Wildman–Crippen LogP) is 1.13. The Balaban J connectivity index is 1.13. The average Bonchev–Trinajstić information content (AvgIpc) is 3.40. The van der Waals surface area contributed by atoms with Gasteiger partial charge < -0.3 is 14.8 Å². The third kappa shape index (κ3) is 3.82. The molecule has 2 aromatic rings. The number of aromatic nitrogens is 2. The van der Waals surface area contributed by atoms with E-state index in [1.807, 2.05) is 18.5 Å². The lowest BCUT2D eigenvalue weighted by atomic mass is 10.0. The summed E-state index contributed by atoms with van der Waals surface area (Å²) in [5.74, 6) is -0.760. The summed E-state index contributed by atoms with van der Waals surface area (Å²) in [7, 11) is 0. The lowest BCUT2D eigenvalue weighted by Gasteiger charge is -2.30. The number of hydrogen-bond donors (Lipinski definition) is 2. The lowest BCUT2D eigenvalue weighted by molar-refractivity contribution is -0.136. The fourth-order valence-corrected chi connectivity index (χ4v) is 5.89. The molecule has 4 aliphatic rings. The molecule has 9 heteroatoms. The van der Waals surface area contributed by atoms with Gasteiger partial charge in [-0.3, -0.25) is 24.6 Å². The van der Waals surface area contributed by atoms with E-state index in [0.717, 1.165) is 50.3 Å². The van der Waals surface area contributed by atoms with Crippen LogP contribution < -0.4 is 10.6 Å². The second-order valence-corrected chi connectivity index (χ2v) is 9.90. The Morgan fingerprint density at radius 1 is 1.09 bits per heavy atom. The van der Waals surface area contributed by atoms with Crippen LogP contribution in [-0.2, 0) is 35.6 Å². The molecule has 6 rings (SSSR count). The highest BCUT2D eigenvalue weighted by Crippen LogP contribution is 2.30. The number of nitrogens with zero attached hydrogens (tertiary/aromatic N) is 4. The van der Waals surface area contributed by atoms with Crippen LogP contribution in [0.4, 0.5) is 0 Å². The maximum Gasteiger partial charge on any atom is 0.255 e. The molecule has 2 saturated heterocycles. The molecule has 2 unspecified atom stereocenters. The van der Waals surface area contributed by atoms with Gasteiger partial charge in [0.15, 0.2) is 0 Å². The van der Waals surface area contributed by atoms with Crippen molar-refractivity contribution in [3.63, 3.8) is 0 Å². The number of hydrogen-bond acceptors (Lipinski definition) is 6. The molecule has 0 bridgehead atoms. The van der Waals surface area contributed by atoms with Crippen molar-refractivity contribution < 1.29 is 14.4 Å². The van der Waals surface area contributed by atoms with Crippen LogP contribution in [0, 0.1) is 0 Å². The van der Waals surface area contributed by atoms with Gasteiger partial charge in [0.2, 0.25) is 11.8 Å². The van der Waals surface area contributed by atoms with Gasteiger partial charge in [0.1, 0.15) is 6.04 Å². The molecule has 4 aliphatic heterocycles. The van der Waals surface area contributed by atoms with Gasteiger partial charge in [-0.15, -0.1) is 0 Å². The number of rotatable bonds is 4. The number of nitrogens with one attached hydrogen (secondary N) is 2. The molecule has 1 aromatic heterocycles. The zero-order valence-electron chi connectivity index (χ0n) is 19.3. The highest BCUT2D eigenvalue weighted by atomic mass is 16.2. The van der Waals surface area contributed by atoms with E-state index in [-0.39, 0.29) is 24.1 Å². The molecule has 2 N–H and O–H groups in total. The van der Waals surface area contributed by atoms with E-state index in [0.29, 0.717) is 24.6 Å². The van der Waals surface area contributed by atoms with E-state index in [4.69, 9.17) is 4.98 Å². The van der Waals surface area contributed by atoms with Crippen molar-refractivity contribution in [1.29, 1.82) is 0 Å². The number of benzene rings is 1. The minimum absolute atomic E-state index is 0.124. The van der Waals surface area contributed by atoms with Crippen LogP contribution in [0.5, 0.6) is 0 Å². The van der Waals surface area contributed by atoms with Crippen LogP contribution in [-0.4, -0.2) is 62.7 Å². The second-order valence-electron chi connectivity index (χ2n) is 9.90. The molecular formula is C25H30N6O3. The molecule has 0 saturated carbocycles. The van der Waals surface area contributed by atoms with Crippen molar-refractivity contribution in [1.82, 2.24) is 30.0 Å².